The van der Waals surface area contributed by atoms with Crippen molar-refractivity contribution in [3.63, 3.8) is 0 Å². The predicted octanol–water partition coefficient (Wildman–Crippen LogP) is 5.56. The van der Waals surface area contributed by atoms with E-state index in [1.165, 1.54) is 34.4 Å². The van der Waals surface area contributed by atoms with Crippen molar-refractivity contribution in [1.82, 2.24) is 9.97 Å². The third-order valence-corrected chi connectivity index (χ3v) is 8.43. The molecule has 172 valence electrons. The van der Waals surface area contributed by atoms with Crippen LogP contribution >= 0.6 is 34.4 Å². The lowest BCUT2D eigenvalue weighted by atomic mass is 10.2. The number of anilines is 1. The number of benzene rings is 2. The van der Waals surface area contributed by atoms with Crippen LogP contribution in [0.15, 0.2) is 65.4 Å². The summed E-state index contributed by atoms with van der Waals surface area (Å²) in [5.74, 6) is -0.445. The zero-order chi connectivity index (χ0) is 23.7. The maximum absolute atomic E-state index is 13.2. The van der Waals surface area contributed by atoms with E-state index in [-0.39, 0.29) is 17.7 Å². The molecule has 0 saturated carbocycles. The van der Waals surface area contributed by atoms with Gasteiger partial charge >= 0.3 is 5.97 Å². The van der Waals surface area contributed by atoms with Gasteiger partial charge in [-0.15, -0.1) is 34.4 Å². The maximum Gasteiger partial charge on any atom is 0.305 e. The summed E-state index contributed by atoms with van der Waals surface area (Å²) in [5, 5.41) is 13.4. The zero-order valence-electron chi connectivity index (χ0n) is 18.0. The lowest BCUT2D eigenvalue weighted by Gasteiger charge is -2.21. The second-order valence-corrected chi connectivity index (χ2v) is 10.5. The van der Waals surface area contributed by atoms with Crippen LogP contribution in [0.1, 0.15) is 17.4 Å². The van der Waals surface area contributed by atoms with Crippen molar-refractivity contribution in [3.8, 4) is 27.7 Å². The van der Waals surface area contributed by atoms with E-state index in [1.807, 2.05) is 65.4 Å². The van der Waals surface area contributed by atoms with E-state index >= 15 is 0 Å². The minimum atomic E-state index is -0.992. The van der Waals surface area contributed by atoms with Crippen LogP contribution in [0.3, 0.4) is 0 Å². The molecule has 2 atom stereocenters. The van der Waals surface area contributed by atoms with Crippen LogP contribution in [0.25, 0.3) is 22.0 Å². The molecular weight excluding hydrogens is 490 g/mol. The summed E-state index contributed by atoms with van der Waals surface area (Å²) >= 11 is 4.20. The number of carbonyl (C=O) groups is 2. The fraction of sp³-hybridized carbons (Fsp3) is 0.167. The van der Waals surface area contributed by atoms with Gasteiger partial charge in [0, 0.05) is 16.3 Å². The number of carboxylic acid groups (broad SMARTS) is 1. The largest absolute Gasteiger partial charge is 0.497 e. The fourth-order valence-corrected chi connectivity index (χ4v) is 6.83. The van der Waals surface area contributed by atoms with Gasteiger partial charge in [0.2, 0.25) is 5.91 Å². The van der Waals surface area contributed by atoms with E-state index in [9.17, 15) is 14.7 Å². The smallest absolute Gasteiger partial charge is 0.305 e. The Morgan fingerprint density at radius 2 is 1.76 bits per heavy atom. The number of hydrogen-bond acceptors (Lipinski definition) is 8. The summed E-state index contributed by atoms with van der Waals surface area (Å²) in [6.45, 7) is 0. The van der Waals surface area contributed by atoms with E-state index in [0.717, 1.165) is 27.6 Å². The molecule has 0 radical (unpaired) electrons. The third kappa shape index (κ3) is 4.44. The van der Waals surface area contributed by atoms with Crippen molar-refractivity contribution in [1.29, 1.82) is 0 Å². The highest BCUT2D eigenvalue weighted by Gasteiger charge is 2.44. The van der Waals surface area contributed by atoms with Crippen LogP contribution in [0, 0.1) is 0 Å². The SMILES string of the molecule is COc1ccc(-c2csc(-c3csc(N4C(=O)C(CC(=O)O)SC4c4ccccc4)n3)n2)cc1. The number of ether oxygens (including phenoxy) is 1. The first kappa shape index (κ1) is 22.6. The van der Waals surface area contributed by atoms with Gasteiger partial charge in [-0.2, -0.15) is 0 Å². The minimum Gasteiger partial charge on any atom is -0.497 e. The van der Waals surface area contributed by atoms with E-state index in [0.29, 0.717) is 10.8 Å². The Morgan fingerprint density at radius 1 is 1.03 bits per heavy atom. The molecule has 0 bridgehead atoms. The van der Waals surface area contributed by atoms with Crippen LogP contribution in [0.2, 0.25) is 0 Å². The Balaban J connectivity index is 1.44. The molecule has 1 aliphatic rings. The van der Waals surface area contributed by atoms with Crippen LogP contribution in [0.4, 0.5) is 5.13 Å². The van der Waals surface area contributed by atoms with Gasteiger partial charge in [-0.1, -0.05) is 30.3 Å². The fourth-order valence-electron chi connectivity index (χ4n) is 3.64. The van der Waals surface area contributed by atoms with E-state index < -0.39 is 11.2 Å². The van der Waals surface area contributed by atoms with Crippen molar-refractivity contribution < 1.29 is 19.4 Å². The number of carboxylic acids is 1. The normalized spacial score (nSPS) is 17.8. The standard InChI is InChI=1S/C24H19N3O4S3/c1-31-16-9-7-14(8-10-16)17-12-32-21(25-17)18-13-33-24(26-18)27-22(30)19(11-20(28)29)34-23(27)15-5-3-2-4-6-15/h2-10,12-13,19,23H,11H2,1H3,(H,28,29). The molecule has 2 aromatic heterocycles. The summed E-state index contributed by atoms with van der Waals surface area (Å²) in [6.07, 6.45) is -0.223. The average Bonchev–Trinajstić information content (AvgIpc) is 3.59. The summed E-state index contributed by atoms with van der Waals surface area (Å²) in [6, 6.07) is 17.3. The molecule has 34 heavy (non-hydrogen) atoms. The number of aromatic nitrogens is 2. The second-order valence-electron chi connectivity index (χ2n) is 7.48. The number of hydrogen-bond donors (Lipinski definition) is 1. The van der Waals surface area contributed by atoms with Gasteiger partial charge in [0.1, 0.15) is 21.8 Å². The molecular formula is C24H19N3O4S3. The highest BCUT2D eigenvalue weighted by Crippen LogP contribution is 2.48. The molecule has 4 aromatic rings. The topological polar surface area (TPSA) is 92.6 Å². The Morgan fingerprint density at radius 3 is 2.47 bits per heavy atom. The first-order chi connectivity index (χ1) is 16.5. The Kier molecular flexibility index (Phi) is 6.36. The first-order valence-electron chi connectivity index (χ1n) is 10.3. The van der Waals surface area contributed by atoms with Crippen molar-refractivity contribution >= 4 is 51.4 Å². The number of aliphatic carboxylic acids is 1. The summed E-state index contributed by atoms with van der Waals surface area (Å²) in [7, 11) is 1.63. The average molecular weight is 510 g/mol. The van der Waals surface area contributed by atoms with Gasteiger partial charge < -0.3 is 9.84 Å². The van der Waals surface area contributed by atoms with Gasteiger partial charge in [-0.3, -0.25) is 14.5 Å². The molecule has 7 nitrogen and oxygen atoms in total. The molecule has 0 aliphatic carbocycles. The van der Waals surface area contributed by atoms with Gasteiger partial charge in [0.15, 0.2) is 5.13 Å². The molecule has 1 N–H and O–H groups in total. The molecule has 1 saturated heterocycles. The predicted molar refractivity (Wildman–Crippen MR) is 136 cm³/mol. The van der Waals surface area contributed by atoms with Crippen LogP contribution < -0.4 is 9.64 Å². The number of carbonyl (C=O) groups excluding carboxylic acids is 1. The van der Waals surface area contributed by atoms with Gasteiger partial charge in [-0.05, 0) is 29.8 Å². The highest BCUT2D eigenvalue weighted by molar-refractivity contribution is 8.01. The molecule has 1 aliphatic heterocycles. The van der Waals surface area contributed by atoms with Crippen molar-refractivity contribution in [2.45, 2.75) is 17.0 Å². The molecule has 1 fully saturated rings. The molecule has 0 spiro atoms. The van der Waals surface area contributed by atoms with Crippen LogP contribution in [0.5, 0.6) is 5.75 Å². The minimum absolute atomic E-state index is 0.223. The second kappa shape index (κ2) is 9.57. The van der Waals surface area contributed by atoms with E-state index in [1.54, 1.807) is 12.0 Å². The lowest BCUT2D eigenvalue weighted by Crippen LogP contribution is -2.31. The Hall–Kier alpha value is -3.21. The number of nitrogens with zero attached hydrogens (tertiary/aromatic N) is 3. The molecule has 1 amide bonds. The molecule has 5 rings (SSSR count). The number of methoxy groups -OCH3 is 1. The number of thiazole rings is 2. The molecule has 3 heterocycles. The highest BCUT2D eigenvalue weighted by atomic mass is 32.2. The van der Waals surface area contributed by atoms with Crippen LogP contribution in [-0.4, -0.2) is 39.3 Å². The van der Waals surface area contributed by atoms with E-state index in [2.05, 4.69) is 0 Å². The van der Waals surface area contributed by atoms with Crippen LogP contribution in [-0.2, 0) is 9.59 Å². The van der Waals surface area contributed by atoms with Crippen molar-refractivity contribution in [3.05, 3.63) is 70.9 Å². The zero-order valence-corrected chi connectivity index (χ0v) is 20.4. The maximum atomic E-state index is 13.2. The molecule has 2 unspecified atom stereocenters. The third-order valence-electron chi connectivity index (χ3n) is 5.29. The Bertz CT molecular complexity index is 1320. The molecule has 10 heteroatoms. The van der Waals surface area contributed by atoms with Crippen molar-refractivity contribution in [2.24, 2.45) is 0 Å². The van der Waals surface area contributed by atoms with Gasteiger partial charge in [0.05, 0.1) is 24.5 Å². The van der Waals surface area contributed by atoms with Gasteiger partial charge in [0.25, 0.3) is 0 Å². The quantitative estimate of drug-likeness (QED) is 0.348. The first-order valence-corrected chi connectivity index (χ1v) is 13.0. The number of amides is 1. The molecule has 2 aromatic carbocycles. The van der Waals surface area contributed by atoms with Crippen molar-refractivity contribution in [2.75, 3.05) is 12.0 Å². The van der Waals surface area contributed by atoms with Gasteiger partial charge in [-0.25, -0.2) is 9.97 Å². The summed E-state index contributed by atoms with van der Waals surface area (Å²) in [5.41, 5.74) is 3.44. The number of rotatable bonds is 7. The Labute approximate surface area is 208 Å². The number of thioether (sulfide) groups is 1. The lowest BCUT2D eigenvalue weighted by molar-refractivity contribution is -0.138. The summed E-state index contributed by atoms with van der Waals surface area (Å²) in [4.78, 5) is 35.6. The monoisotopic (exact) mass is 509 g/mol. The van der Waals surface area contributed by atoms with E-state index in [4.69, 9.17) is 14.7 Å². The summed E-state index contributed by atoms with van der Waals surface area (Å²) < 4.78 is 5.22.